The van der Waals surface area contributed by atoms with E-state index >= 15 is 0 Å². The molecule has 5 heteroatoms. The van der Waals surface area contributed by atoms with Crippen LogP contribution in [0.4, 0.5) is 0 Å². The van der Waals surface area contributed by atoms with Crippen LogP contribution in [0.25, 0.3) is 0 Å². The second-order valence-corrected chi connectivity index (χ2v) is 6.51. The van der Waals surface area contributed by atoms with Crippen LogP contribution in [0.15, 0.2) is 0 Å². The Bertz CT molecular complexity index is 96.8. The van der Waals surface area contributed by atoms with Crippen molar-refractivity contribution in [2.45, 2.75) is 79.1 Å². The summed E-state index contributed by atoms with van der Waals surface area (Å²) in [6.07, 6.45) is 0. The normalized spacial score (nSPS) is 10.6. The Kier molecular flexibility index (Phi) is 24.1. The van der Waals surface area contributed by atoms with Crippen LogP contribution in [0.5, 0.6) is 0 Å². The van der Waals surface area contributed by atoms with Gasteiger partial charge in [-0.25, -0.2) is 0 Å². The van der Waals surface area contributed by atoms with E-state index in [2.05, 4.69) is 0 Å². The molecule has 0 rings (SSSR count). The Balaban J connectivity index is -0.0000000400. The molecular formula is C12H33AlKO3. The quantitative estimate of drug-likeness (QED) is 0.578. The Hall–Kier alpha value is 2.05. The zero-order valence-corrected chi connectivity index (χ0v) is 16.0. The topological polar surface area (TPSA) is 60.7 Å². The van der Waals surface area contributed by atoms with Gasteiger partial charge in [0.05, 0.1) is 16.8 Å². The van der Waals surface area contributed by atoms with Crippen molar-refractivity contribution in [2.75, 3.05) is 0 Å². The van der Waals surface area contributed by atoms with Crippen molar-refractivity contribution in [3.05, 3.63) is 0 Å². The van der Waals surface area contributed by atoms with Gasteiger partial charge >= 0.3 is 0 Å². The minimum absolute atomic E-state index is 0. The van der Waals surface area contributed by atoms with E-state index in [-0.39, 0.29) is 68.7 Å². The van der Waals surface area contributed by atoms with Gasteiger partial charge in [-0.2, -0.15) is 0 Å². The summed E-state index contributed by atoms with van der Waals surface area (Å²) in [5, 5.41) is 25.6. The van der Waals surface area contributed by atoms with E-state index in [1.54, 1.807) is 62.3 Å². The van der Waals surface area contributed by atoms with E-state index < -0.39 is 16.8 Å². The molecule has 0 aliphatic heterocycles. The molecule has 1 radical (unpaired) electrons. The van der Waals surface area contributed by atoms with E-state index in [1.807, 2.05) is 0 Å². The van der Waals surface area contributed by atoms with Gasteiger partial charge in [0.15, 0.2) is 17.4 Å². The van der Waals surface area contributed by atoms with Crippen molar-refractivity contribution in [3.8, 4) is 0 Å². The minimum atomic E-state index is -0.500. The van der Waals surface area contributed by atoms with Crippen molar-refractivity contribution in [1.29, 1.82) is 0 Å². The third kappa shape index (κ3) is 1110. The first-order chi connectivity index (χ1) is 6.00. The molecule has 0 aliphatic carbocycles. The molecule has 0 heterocycles. The van der Waals surface area contributed by atoms with Crippen LogP contribution in [-0.4, -0.2) is 101 Å². The molecule has 3 nitrogen and oxygen atoms in total. The van der Waals surface area contributed by atoms with Gasteiger partial charge in [-0.15, -0.1) is 0 Å². The van der Waals surface area contributed by atoms with E-state index in [9.17, 15) is 0 Å². The minimum Gasteiger partial charge on any atom is -0.391 e. The largest absolute Gasteiger partial charge is 0.391 e. The summed E-state index contributed by atoms with van der Waals surface area (Å²) < 4.78 is 0. The van der Waals surface area contributed by atoms with Crippen molar-refractivity contribution in [3.63, 3.8) is 0 Å². The third-order valence-electron chi connectivity index (χ3n) is 0. The summed E-state index contributed by atoms with van der Waals surface area (Å²) in [6, 6.07) is 0. The van der Waals surface area contributed by atoms with Crippen molar-refractivity contribution in [2.24, 2.45) is 0 Å². The van der Waals surface area contributed by atoms with Crippen molar-refractivity contribution in [1.82, 2.24) is 0 Å². The van der Waals surface area contributed by atoms with Gasteiger partial charge in [-0.1, -0.05) is 0 Å². The average molecular weight is 291 g/mol. The first-order valence-corrected chi connectivity index (χ1v) is 5.17. The number of hydrogen-bond donors (Lipinski definition) is 3. The molecule has 0 aromatic rings. The maximum Gasteiger partial charge on any atom is 0.187 e. The molecule has 0 aromatic heterocycles. The average Bonchev–Trinajstić information content (AvgIpc) is 1.41. The molecule has 0 atom stereocenters. The fourth-order valence-electron chi connectivity index (χ4n) is 0. The smallest absolute Gasteiger partial charge is 0.187 e. The monoisotopic (exact) mass is 291 g/mol. The predicted octanol–water partition coefficient (Wildman–Crippen LogP) is 0.767. The molecule has 0 saturated carbocycles. The maximum atomic E-state index is 8.52. The van der Waals surface area contributed by atoms with E-state index in [0.29, 0.717) is 0 Å². The van der Waals surface area contributed by atoms with Crippen LogP contribution in [0, 0.1) is 0 Å². The maximum absolute atomic E-state index is 8.52. The Morgan fingerprint density at radius 2 is 0.471 bits per heavy atom. The Morgan fingerprint density at radius 3 is 0.471 bits per heavy atom. The summed E-state index contributed by atoms with van der Waals surface area (Å²) in [5.41, 5.74) is -1.50. The van der Waals surface area contributed by atoms with Gasteiger partial charge in [0.25, 0.3) is 0 Å². The van der Waals surface area contributed by atoms with Crippen LogP contribution in [-0.2, 0) is 0 Å². The van der Waals surface area contributed by atoms with Crippen molar-refractivity contribution < 1.29 is 15.3 Å². The van der Waals surface area contributed by atoms with Gasteiger partial charge in [-0.3, -0.25) is 0 Å². The third-order valence-corrected chi connectivity index (χ3v) is 0. The molecule has 103 valence electrons. The first kappa shape index (κ1) is 31.4. The van der Waals surface area contributed by atoms with E-state index in [0.717, 1.165) is 0 Å². The SMILES string of the molecule is CC(C)(C)O.CC(C)(C)O.CC(C)(C)O.[AlH3].[K]. The van der Waals surface area contributed by atoms with Crippen LogP contribution >= 0.6 is 0 Å². The molecule has 3 N–H and O–H groups in total. The number of aliphatic hydroxyl groups is 3. The fraction of sp³-hybridized carbons (Fsp3) is 1.00. The molecule has 17 heavy (non-hydrogen) atoms. The molecular weight excluding hydrogens is 258 g/mol. The Morgan fingerprint density at radius 1 is 0.471 bits per heavy atom. The molecule has 0 spiro atoms. The van der Waals surface area contributed by atoms with Gasteiger partial charge < -0.3 is 15.3 Å². The van der Waals surface area contributed by atoms with Crippen molar-refractivity contribution >= 4 is 68.7 Å². The summed E-state index contributed by atoms with van der Waals surface area (Å²) >= 11 is 0. The number of hydrogen-bond acceptors (Lipinski definition) is 3. The fourth-order valence-corrected chi connectivity index (χ4v) is 0. The summed E-state index contributed by atoms with van der Waals surface area (Å²) in [6.45, 7) is 15.7. The standard InChI is InChI=1S/3C4H10O.Al.K.3H/c3*1-4(2,3)5;;;;;/h3*5H,1-3H3;;;;;. The van der Waals surface area contributed by atoms with Crippen LogP contribution in [0.2, 0.25) is 0 Å². The molecule has 0 saturated heterocycles. The number of rotatable bonds is 0. The Labute approximate surface area is 161 Å². The molecule has 0 unspecified atom stereocenters. The van der Waals surface area contributed by atoms with Gasteiger partial charge in [0, 0.05) is 51.4 Å². The second-order valence-electron chi connectivity index (χ2n) is 6.51. The molecule has 0 amide bonds. The van der Waals surface area contributed by atoms with Crippen LogP contribution < -0.4 is 0 Å². The molecule has 0 bridgehead atoms. The van der Waals surface area contributed by atoms with Gasteiger partial charge in [0.1, 0.15) is 0 Å². The van der Waals surface area contributed by atoms with E-state index in [1.165, 1.54) is 0 Å². The van der Waals surface area contributed by atoms with Crippen LogP contribution in [0.3, 0.4) is 0 Å². The van der Waals surface area contributed by atoms with Gasteiger partial charge in [-0.05, 0) is 62.3 Å². The molecule has 0 fully saturated rings. The zero-order valence-electron chi connectivity index (χ0n) is 12.8. The van der Waals surface area contributed by atoms with Gasteiger partial charge in [0.2, 0.25) is 0 Å². The summed E-state index contributed by atoms with van der Waals surface area (Å²) in [7, 11) is 0. The predicted molar refractivity (Wildman–Crippen MR) is 81.6 cm³/mol. The molecule has 0 aliphatic rings. The zero-order chi connectivity index (χ0) is 13.5. The second kappa shape index (κ2) is 13.1. The first-order valence-electron chi connectivity index (χ1n) is 5.17. The summed E-state index contributed by atoms with van der Waals surface area (Å²) in [5.74, 6) is 0. The van der Waals surface area contributed by atoms with E-state index in [4.69, 9.17) is 15.3 Å². The van der Waals surface area contributed by atoms with Crippen LogP contribution in [0.1, 0.15) is 62.3 Å². The summed E-state index contributed by atoms with van der Waals surface area (Å²) in [4.78, 5) is 0. The molecule has 0 aromatic carbocycles.